The van der Waals surface area contributed by atoms with Crippen LogP contribution in [-0.2, 0) is 4.79 Å². The number of ether oxygens (including phenoxy) is 2. The van der Waals surface area contributed by atoms with Gasteiger partial charge in [0.1, 0.15) is 5.70 Å². The molecule has 0 radical (unpaired) electrons. The molecule has 0 aromatic heterocycles. The number of benzene rings is 4. The van der Waals surface area contributed by atoms with Crippen LogP contribution in [-0.4, -0.2) is 48.6 Å². The van der Waals surface area contributed by atoms with Crippen molar-refractivity contribution in [3.63, 3.8) is 0 Å². The standard InChI is InChI=1S/C36H34ClN5O7/c1-4-41(5-2)27-16-11-24(12-17-27)21-31(39-34(43)29-9-7-8-10-30(29)37)35(44)40-38-23-25-13-20-32(33(22-25)48-6-3)49-36(45)26-14-18-28(19-15-26)42(46)47/h7-23H,4-6H2,1-3H3,(H,39,43)(H,40,44)/b31-21+,38-23-. The van der Waals surface area contributed by atoms with Crippen LogP contribution in [0.1, 0.15) is 52.6 Å². The Morgan fingerprint density at radius 1 is 0.898 bits per heavy atom. The van der Waals surface area contributed by atoms with Gasteiger partial charge in [-0.15, -0.1) is 0 Å². The van der Waals surface area contributed by atoms with Crippen LogP contribution in [0.4, 0.5) is 11.4 Å². The van der Waals surface area contributed by atoms with E-state index >= 15 is 0 Å². The van der Waals surface area contributed by atoms with Crippen LogP contribution in [0.2, 0.25) is 5.02 Å². The molecule has 0 unspecified atom stereocenters. The van der Waals surface area contributed by atoms with E-state index in [4.69, 9.17) is 21.1 Å². The topological polar surface area (TPSA) is 152 Å². The van der Waals surface area contributed by atoms with Crippen molar-refractivity contribution in [2.75, 3.05) is 24.6 Å². The Bertz CT molecular complexity index is 1870. The number of amides is 2. The van der Waals surface area contributed by atoms with Crippen LogP contribution in [0.5, 0.6) is 11.5 Å². The maximum absolute atomic E-state index is 13.3. The summed E-state index contributed by atoms with van der Waals surface area (Å²) < 4.78 is 11.1. The van der Waals surface area contributed by atoms with Gasteiger partial charge in [-0.25, -0.2) is 10.2 Å². The second-order valence-corrected chi connectivity index (χ2v) is 10.7. The summed E-state index contributed by atoms with van der Waals surface area (Å²) >= 11 is 6.22. The highest BCUT2D eigenvalue weighted by Gasteiger charge is 2.18. The van der Waals surface area contributed by atoms with Gasteiger partial charge >= 0.3 is 5.97 Å². The number of nitrogens with zero attached hydrogens (tertiary/aromatic N) is 3. The molecule has 13 heteroatoms. The lowest BCUT2D eigenvalue weighted by atomic mass is 10.1. The number of nitro groups is 1. The Morgan fingerprint density at radius 3 is 2.20 bits per heavy atom. The number of nitro benzene ring substituents is 1. The van der Waals surface area contributed by atoms with Crippen molar-refractivity contribution in [3.8, 4) is 11.5 Å². The fraction of sp³-hybridized carbons (Fsp3) is 0.167. The van der Waals surface area contributed by atoms with Gasteiger partial charge in [0, 0.05) is 30.9 Å². The van der Waals surface area contributed by atoms with E-state index in [-0.39, 0.29) is 45.6 Å². The smallest absolute Gasteiger partial charge is 0.343 e. The zero-order valence-corrected chi connectivity index (χ0v) is 27.8. The van der Waals surface area contributed by atoms with Gasteiger partial charge in [0.2, 0.25) is 0 Å². The molecule has 0 aliphatic heterocycles. The maximum Gasteiger partial charge on any atom is 0.343 e. The summed E-state index contributed by atoms with van der Waals surface area (Å²) in [5.74, 6) is -1.65. The van der Waals surface area contributed by atoms with E-state index in [1.807, 2.05) is 24.3 Å². The lowest BCUT2D eigenvalue weighted by Gasteiger charge is -2.21. The molecule has 0 bridgehead atoms. The zero-order chi connectivity index (χ0) is 35.3. The molecule has 0 fully saturated rings. The number of nitrogens with one attached hydrogen (secondary N) is 2. The number of halogens is 1. The van der Waals surface area contributed by atoms with E-state index in [1.165, 1.54) is 42.6 Å². The fourth-order valence-corrected chi connectivity index (χ4v) is 4.81. The number of carbonyl (C=O) groups is 3. The first-order chi connectivity index (χ1) is 23.6. The highest BCUT2D eigenvalue weighted by molar-refractivity contribution is 6.34. The van der Waals surface area contributed by atoms with Gasteiger partial charge in [-0.1, -0.05) is 35.9 Å². The predicted octanol–water partition coefficient (Wildman–Crippen LogP) is 6.63. The zero-order valence-electron chi connectivity index (χ0n) is 27.0. The summed E-state index contributed by atoms with van der Waals surface area (Å²) in [5, 5.41) is 17.8. The Kier molecular flexibility index (Phi) is 12.6. The SMILES string of the molecule is CCOc1cc(/C=N\NC(=O)/C(=C\c2ccc(N(CC)CC)cc2)NC(=O)c2ccccc2Cl)ccc1OC(=O)c1ccc([N+](=O)[O-])cc1. The molecule has 0 saturated heterocycles. The van der Waals surface area contributed by atoms with Gasteiger partial charge in [-0.05, 0) is 92.6 Å². The monoisotopic (exact) mass is 683 g/mol. The molecule has 0 heterocycles. The summed E-state index contributed by atoms with van der Waals surface area (Å²) in [5.41, 5.74) is 4.72. The normalized spacial score (nSPS) is 11.1. The minimum absolute atomic E-state index is 0.0684. The summed E-state index contributed by atoms with van der Waals surface area (Å²) in [6.45, 7) is 7.83. The van der Waals surface area contributed by atoms with E-state index in [9.17, 15) is 24.5 Å². The molecular formula is C36H34ClN5O7. The van der Waals surface area contributed by atoms with E-state index < -0.39 is 22.7 Å². The van der Waals surface area contributed by atoms with Gasteiger partial charge in [0.05, 0.1) is 33.9 Å². The van der Waals surface area contributed by atoms with Crippen molar-refractivity contribution in [1.82, 2.24) is 10.7 Å². The Morgan fingerprint density at radius 2 is 1.57 bits per heavy atom. The number of hydrazone groups is 1. The van der Waals surface area contributed by atoms with Crippen LogP contribution < -0.4 is 25.1 Å². The molecule has 2 N–H and O–H groups in total. The third-order valence-corrected chi connectivity index (χ3v) is 7.44. The largest absolute Gasteiger partial charge is 0.490 e. The Hall–Kier alpha value is -6.01. The number of rotatable bonds is 14. The van der Waals surface area contributed by atoms with Crippen LogP contribution in [0.15, 0.2) is 102 Å². The molecule has 0 spiro atoms. The first kappa shape index (κ1) is 35.8. The van der Waals surface area contributed by atoms with E-state index in [1.54, 1.807) is 43.3 Å². The first-order valence-electron chi connectivity index (χ1n) is 15.3. The van der Waals surface area contributed by atoms with Gasteiger partial charge < -0.3 is 19.7 Å². The van der Waals surface area contributed by atoms with Gasteiger partial charge in [-0.3, -0.25) is 19.7 Å². The number of anilines is 1. The number of hydrogen-bond donors (Lipinski definition) is 2. The number of non-ortho nitro benzene ring substituents is 1. The minimum atomic E-state index is -0.731. The van der Waals surface area contributed by atoms with E-state index in [0.717, 1.165) is 18.8 Å². The lowest BCUT2D eigenvalue weighted by Crippen LogP contribution is -2.33. The van der Waals surface area contributed by atoms with Crippen LogP contribution in [0, 0.1) is 10.1 Å². The summed E-state index contributed by atoms with van der Waals surface area (Å²) in [6, 6.07) is 23.7. The number of carbonyl (C=O) groups excluding carboxylic acids is 3. The van der Waals surface area contributed by atoms with Gasteiger partial charge in [0.25, 0.3) is 17.5 Å². The van der Waals surface area contributed by atoms with Crippen molar-refractivity contribution in [2.45, 2.75) is 20.8 Å². The van der Waals surface area contributed by atoms with Crippen molar-refractivity contribution in [2.24, 2.45) is 5.10 Å². The third-order valence-electron chi connectivity index (χ3n) is 7.11. The predicted molar refractivity (Wildman–Crippen MR) is 188 cm³/mol. The molecule has 0 saturated carbocycles. The number of hydrogen-bond acceptors (Lipinski definition) is 9. The van der Waals surface area contributed by atoms with Crippen molar-refractivity contribution in [3.05, 3.63) is 134 Å². The summed E-state index contributed by atoms with van der Waals surface area (Å²) in [4.78, 5) is 51.6. The minimum Gasteiger partial charge on any atom is -0.490 e. The molecule has 49 heavy (non-hydrogen) atoms. The fourth-order valence-electron chi connectivity index (χ4n) is 4.59. The molecule has 0 atom stereocenters. The molecule has 2 amide bonds. The third kappa shape index (κ3) is 9.75. The molecule has 252 valence electrons. The van der Waals surface area contributed by atoms with E-state index in [2.05, 4.69) is 34.6 Å². The molecule has 12 nitrogen and oxygen atoms in total. The molecular weight excluding hydrogens is 650 g/mol. The summed E-state index contributed by atoms with van der Waals surface area (Å²) in [7, 11) is 0. The Balaban J connectivity index is 1.52. The van der Waals surface area contributed by atoms with Crippen LogP contribution >= 0.6 is 11.6 Å². The summed E-state index contributed by atoms with van der Waals surface area (Å²) in [6.07, 6.45) is 2.89. The highest BCUT2D eigenvalue weighted by Crippen LogP contribution is 2.29. The molecule has 4 rings (SSSR count). The lowest BCUT2D eigenvalue weighted by molar-refractivity contribution is -0.384. The molecule has 4 aromatic carbocycles. The van der Waals surface area contributed by atoms with Gasteiger partial charge in [0.15, 0.2) is 11.5 Å². The first-order valence-corrected chi connectivity index (χ1v) is 15.7. The van der Waals surface area contributed by atoms with Crippen LogP contribution in [0.3, 0.4) is 0 Å². The second-order valence-electron chi connectivity index (χ2n) is 10.3. The quantitative estimate of drug-likeness (QED) is 0.0375. The second kappa shape index (κ2) is 17.2. The van der Waals surface area contributed by atoms with Crippen molar-refractivity contribution >= 4 is 53.0 Å². The molecule has 0 aliphatic rings. The van der Waals surface area contributed by atoms with E-state index in [0.29, 0.717) is 11.1 Å². The Labute approximate surface area is 288 Å². The van der Waals surface area contributed by atoms with Crippen LogP contribution in [0.25, 0.3) is 6.08 Å². The molecule has 4 aromatic rings. The average Bonchev–Trinajstić information content (AvgIpc) is 3.10. The number of esters is 1. The highest BCUT2D eigenvalue weighted by atomic mass is 35.5. The molecule has 0 aliphatic carbocycles. The van der Waals surface area contributed by atoms with Crippen molar-refractivity contribution in [1.29, 1.82) is 0 Å². The van der Waals surface area contributed by atoms with Gasteiger partial charge in [-0.2, -0.15) is 5.10 Å². The maximum atomic E-state index is 13.3. The average molecular weight is 684 g/mol. The van der Waals surface area contributed by atoms with Crippen molar-refractivity contribution < 1.29 is 28.8 Å².